The summed E-state index contributed by atoms with van der Waals surface area (Å²) in [6.07, 6.45) is 1.71. The summed E-state index contributed by atoms with van der Waals surface area (Å²) in [5.41, 5.74) is 3.06. The Labute approximate surface area is 108 Å². The Kier molecular flexibility index (Phi) is 2.61. The van der Waals surface area contributed by atoms with Gasteiger partial charge >= 0.3 is 0 Å². The second kappa shape index (κ2) is 4.27. The van der Waals surface area contributed by atoms with Crippen LogP contribution < -0.4 is 5.56 Å². The standard InChI is InChI=1S/C14H9ClN2O/c15-11-4-2-1-3-9(11)10-7-8-16-12-5-6-13(18)17-14(10)12/h1-8H,(H,17,18). The Hall–Kier alpha value is -2.13. The molecule has 0 aliphatic carbocycles. The Bertz CT molecular complexity index is 780. The summed E-state index contributed by atoms with van der Waals surface area (Å²) < 4.78 is 0. The van der Waals surface area contributed by atoms with Crippen molar-refractivity contribution in [3.05, 3.63) is 64.0 Å². The summed E-state index contributed by atoms with van der Waals surface area (Å²) >= 11 is 6.19. The molecule has 0 fully saturated rings. The third-order valence-corrected chi connectivity index (χ3v) is 3.11. The zero-order chi connectivity index (χ0) is 12.5. The predicted octanol–water partition coefficient (Wildman–Crippen LogP) is 3.24. The molecule has 88 valence electrons. The minimum atomic E-state index is -0.149. The van der Waals surface area contributed by atoms with Gasteiger partial charge in [-0.2, -0.15) is 0 Å². The molecule has 3 aromatic rings. The molecule has 0 bridgehead atoms. The monoisotopic (exact) mass is 256 g/mol. The number of aromatic amines is 1. The number of aromatic nitrogens is 2. The Morgan fingerprint density at radius 2 is 1.83 bits per heavy atom. The summed E-state index contributed by atoms with van der Waals surface area (Å²) in [7, 11) is 0. The van der Waals surface area contributed by atoms with E-state index in [4.69, 9.17) is 11.6 Å². The highest BCUT2D eigenvalue weighted by molar-refractivity contribution is 6.33. The third-order valence-electron chi connectivity index (χ3n) is 2.79. The van der Waals surface area contributed by atoms with Gasteiger partial charge in [-0.05, 0) is 18.2 Å². The second-order valence-corrected chi connectivity index (χ2v) is 4.33. The molecule has 4 heteroatoms. The van der Waals surface area contributed by atoms with Crippen LogP contribution >= 0.6 is 11.6 Å². The van der Waals surface area contributed by atoms with Gasteiger partial charge in [-0.15, -0.1) is 0 Å². The highest BCUT2D eigenvalue weighted by Crippen LogP contribution is 2.30. The van der Waals surface area contributed by atoms with Crippen molar-refractivity contribution in [2.45, 2.75) is 0 Å². The fourth-order valence-electron chi connectivity index (χ4n) is 1.96. The number of hydrogen-bond acceptors (Lipinski definition) is 2. The Morgan fingerprint density at radius 3 is 2.67 bits per heavy atom. The zero-order valence-electron chi connectivity index (χ0n) is 9.35. The molecule has 2 heterocycles. The van der Waals surface area contributed by atoms with Crippen LogP contribution in [-0.2, 0) is 0 Å². The maximum absolute atomic E-state index is 11.4. The van der Waals surface area contributed by atoms with E-state index in [9.17, 15) is 4.79 Å². The van der Waals surface area contributed by atoms with E-state index in [-0.39, 0.29) is 5.56 Å². The van der Waals surface area contributed by atoms with Gasteiger partial charge in [0, 0.05) is 28.4 Å². The minimum absolute atomic E-state index is 0.149. The van der Waals surface area contributed by atoms with Crippen LogP contribution in [0.1, 0.15) is 0 Å². The van der Waals surface area contributed by atoms with Gasteiger partial charge in [0.05, 0.1) is 11.0 Å². The molecule has 0 atom stereocenters. The summed E-state index contributed by atoms with van der Waals surface area (Å²) in [5, 5.41) is 0.648. The van der Waals surface area contributed by atoms with Crippen LogP contribution in [0.5, 0.6) is 0 Å². The molecule has 0 unspecified atom stereocenters. The second-order valence-electron chi connectivity index (χ2n) is 3.92. The van der Waals surface area contributed by atoms with Crippen molar-refractivity contribution >= 4 is 22.6 Å². The molecule has 3 nitrogen and oxygen atoms in total. The zero-order valence-corrected chi connectivity index (χ0v) is 10.1. The van der Waals surface area contributed by atoms with Crippen LogP contribution in [0.4, 0.5) is 0 Å². The number of nitrogens with zero attached hydrogens (tertiary/aromatic N) is 1. The van der Waals surface area contributed by atoms with Gasteiger partial charge in [0.2, 0.25) is 5.56 Å². The van der Waals surface area contributed by atoms with Crippen molar-refractivity contribution in [1.29, 1.82) is 0 Å². The van der Waals surface area contributed by atoms with E-state index in [1.54, 1.807) is 12.3 Å². The predicted molar refractivity (Wildman–Crippen MR) is 72.8 cm³/mol. The highest BCUT2D eigenvalue weighted by atomic mass is 35.5. The molecule has 0 radical (unpaired) electrons. The lowest BCUT2D eigenvalue weighted by atomic mass is 10.0. The maximum atomic E-state index is 11.4. The molecular formula is C14H9ClN2O. The number of halogens is 1. The lowest BCUT2D eigenvalue weighted by Gasteiger charge is -2.07. The van der Waals surface area contributed by atoms with E-state index < -0.39 is 0 Å². The van der Waals surface area contributed by atoms with Gasteiger partial charge in [0.1, 0.15) is 0 Å². The first-order valence-electron chi connectivity index (χ1n) is 5.48. The van der Waals surface area contributed by atoms with Crippen molar-refractivity contribution in [2.75, 3.05) is 0 Å². The maximum Gasteiger partial charge on any atom is 0.248 e. The van der Waals surface area contributed by atoms with Crippen LogP contribution in [0.2, 0.25) is 5.02 Å². The number of rotatable bonds is 1. The van der Waals surface area contributed by atoms with Crippen LogP contribution in [0, 0.1) is 0 Å². The van der Waals surface area contributed by atoms with E-state index in [1.165, 1.54) is 6.07 Å². The van der Waals surface area contributed by atoms with Gasteiger partial charge in [0.15, 0.2) is 0 Å². The molecule has 0 spiro atoms. The molecule has 0 aliphatic heterocycles. The molecule has 1 aromatic carbocycles. The van der Waals surface area contributed by atoms with Crippen LogP contribution in [-0.4, -0.2) is 9.97 Å². The number of nitrogens with one attached hydrogen (secondary N) is 1. The molecule has 0 amide bonds. The van der Waals surface area contributed by atoms with Crippen LogP contribution in [0.15, 0.2) is 53.5 Å². The smallest absolute Gasteiger partial charge is 0.248 e. The van der Waals surface area contributed by atoms with Crippen molar-refractivity contribution < 1.29 is 0 Å². The molecule has 1 N–H and O–H groups in total. The van der Waals surface area contributed by atoms with Gasteiger partial charge in [0.25, 0.3) is 0 Å². The lowest BCUT2D eigenvalue weighted by Crippen LogP contribution is -2.04. The molecule has 2 aromatic heterocycles. The molecule has 0 aliphatic rings. The average Bonchev–Trinajstić information content (AvgIpc) is 2.39. The summed E-state index contributed by atoms with van der Waals surface area (Å²) in [4.78, 5) is 18.5. The van der Waals surface area contributed by atoms with Gasteiger partial charge in [-0.25, -0.2) is 0 Å². The van der Waals surface area contributed by atoms with Crippen molar-refractivity contribution in [3.8, 4) is 11.1 Å². The van der Waals surface area contributed by atoms with Crippen LogP contribution in [0.25, 0.3) is 22.2 Å². The van der Waals surface area contributed by atoms with Crippen LogP contribution in [0.3, 0.4) is 0 Å². The summed E-state index contributed by atoms with van der Waals surface area (Å²) in [5.74, 6) is 0. The van der Waals surface area contributed by atoms with E-state index in [1.807, 2.05) is 30.3 Å². The van der Waals surface area contributed by atoms with E-state index in [0.29, 0.717) is 10.5 Å². The summed E-state index contributed by atoms with van der Waals surface area (Å²) in [6, 6.07) is 12.5. The van der Waals surface area contributed by atoms with Crippen molar-refractivity contribution in [3.63, 3.8) is 0 Å². The minimum Gasteiger partial charge on any atom is -0.320 e. The van der Waals surface area contributed by atoms with Gasteiger partial charge in [-0.1, -0.05) is 29.8 Å². The topological polar surface area (TPSA) is 45.8 Å². The fraction of sp³-hybridized carbons (Fsp3) is 0. The third kappa shape index (κ3) is 1.79. The first-order valence-corrected chi connectivity index (χ1v) is 5.86. The molecule has 0 saturated heterocycles. The normalized spacial score (nSPS) is 10.7. The molecular weight excluding hydrogens is 248 g/mol. The number of H-pyrrole nitrogens is 1. The number of pyridine rings is 2. The quantitative estimate of drug-likeness (QED) is 0.726. The summed E-state index contributed by atoms with van der Waals surface area (Å²) in [6.45, 7) is 0. The van der Waals surface area contributed by atoms with Gasteiger partial charge < -0.3 is 4.98 Å². The van der Waals surface area contributed by atoms with E-state index >= 15 is 0 Å². The molecule has 18 heavy (non-hydrogen) atoms. The average molecular weight is 257 g/mol. The Morgan fingerprint density at radius 1 is 1.00 bits per heavy atom. The van der Waals surface area contributed by atoms with Crippen molar-refractivity contribution in [2.24, 2.45) is 0 Å². The Balaban J connectivity index is 2.39. The number of benzene rings is 1. The largest absolute Gasteiger partial charge is 0.320 e. The van der Waals surface area contributed by atoms with E-state index in [0.717, 1.165) is 16.6 Å². The number of hydrogen-bond donors (Lipinski definition) is 1. The molecule has 0 saturated carbocycles. The van der Waals surface area contributed by atoms with E-state index in [2.05, 4.69) is 9.97 Å². The highest BCUT2D eigenvalue weighted by Gasteiger charge is 2.08. The number of fused-ring (bicyclic) bond motifs is 1. The first kappa shape index (κ1) is 11.0. The van der Waals surface area contributed by atoms with Crippen molar-refractivity contribution in [1.82, 2.24) is 9.97 Å². The van der Waals surface area contributed by atoms with Gasteiger partial charge in [-0.3, -0.25) is 9.78 Å². The molecule has 3 rings (SSSR count). The lowest BCUT2D eigenvalue weighted by molar-refractivity contribution is 1.27. The fourth-order valence-corrected chi connectivity index (χ4v) is 2.20. The first-order chi connectivity index (χ1) is 8.75. The SMILES string of the molecule is O=c1ccc2nccc(-c3ccccc3Cl)c2[nH]1.